The Hall–Kier alpha value is -1.77. The van der Waals surface area contributed by atoms with Crippen LogP contribution < -0.4 is 4.74 Å². The van der Waals surface area contributed by atoms with Crippen molar-refractivity contribution in [3.63, 3.8) is 0 Å². The SMILES string of the molecule is O=C(COc1ccc(Br)cc1)N1CCC(C(=O)O)(C(F)(F)F)C1. The van der Waals surface area contributed by atoms with E-state index in [1.165, 1.54) is 0 Å². The molecule has 0 radical (unpaired) electrons. The summed E-state index contributed by atoms with van der Waals surface area (Å²) in [6, 6.07) is 6.57. The first kappa shape index (κ1) is 17.6. The van der Waals surface area contributed by atoms with Crippen molar-refractivity contribution >= 4 is 27.8 Å². The Morgan fingerprint density at radius 3 is 2.39 bits per heavy atom. The van der Waals surface area contributed by atoms with E-state index in [-0.39, 0.29) is 6.54 Å². The number of nitrogens with zero attached hydrogens (tertiary/aromatic N) is 1. The summed E-state index contributed by atoms with van der Waals surface area (Å²) < 4.78 is 45.1. The van der Waals surface area contributed by atoms with E-state index in [0.29, 0.717) is 5.75 Å². The van der Waals surface area contributed by atoms with E-state index in [9.17, 15) is 22.8 Å². The van der Waals surface area contributed by atoms with Gasteiger partial charge >= 0.3 is 12.1 Å². The first-order valence-corrected chi connectivity index (χ1v) is 7.41. The molecular formula is C14H13BrF3NO4. The predicted octanol–water partition coefficient (Wildman–Crippen LogP) is 2.69. The minimum Gasteiger partial charge on any atom is -0.484 e. The van der Waals surface area contributed by atoms with Gasteiger partial charge < -0.3 is 14.7 Å². The topological polar surface area (TPSA) is 66.8 Å². The van der Waals surface area contributed by atoms with Gasteiger partial charge in [-0.15, -0.1) is 0 Å². The lowest BCUT2D eigenvalue weighted by Crippen LogP contribution is -2.48. The minimum atomic E-state index is -4.92. The van der Waals surface area contributed by atoms with Gasteiger partial charge in [-0.1, -0.05) is 15.9 Å². The number of ether oxygens (including phenoxy) is 1. The first-order chi connectivity index (χ1) is 10.7. The zero-order valence-corrected chi connectivity index (χ0v) is 13.4. The van der Waals surface area contributed by atoms with Crippen molar-refractivity contribution in [2.24, 2.45) is 5.41 Å². The largest absolute Gasteiger partial charge is 0.484 e. The average Bonchev–Trinajstić information content (AvgIpc) is 2.93. The van der Waals surface area contributed by atoms with Crippen molar-refractivity contribution in [1.82, 2.24) is 4.90 Å². The van der Waals surface area contributed by atoms with E-state index in [4.69, 9.17) is 9.84 Å². The number of carboxylic acids is 1. The third kappa shape index (κ3) is 3.60. The molecule has 1 saturated heterocycles. The monoisotopic (exact) mass is 395 g/mol. The number of hydrogen-bond donors (Lipinski definition) is 1. The molecule has 1 unspecified atom stereocenters. The number of carbonyl (C=O) groups is 2. The molecule has 1 N–H and O–H groups in total. The number of benzene rings is 1. The van der Waals surface area contributed by atoms with Gasteiger partial charge in [0, 0.05) is 17.6 Å². The van der Waals surface area contributed by atoms with E-state index < -0.39 is 43.0 Å². The summed E-state index contributed by atoms with van der Waals surface area (Å²) in [7, 11) is 0. The van der Waals surface area contributed by atoms with Crippen LogP contribution in [0, 0.1) is 5.41 Å². The lowest BCUT2D eigenvalue weighted by molar-refractivity contribution is -0.227. The molecule has 1 heterocycles. The quantitative estimate of drug-likeness (QED) is 0.850. The van der Waals surface area contributed by atoms with Gasteiger partial charge in [0.2, 0.25) is 0 Å². The molecular weight excluding hydrogens is 383 g/mol. The molecule has 9 heteroatoms. The number of carboxylic acid groups (broad SMARTS) is 1. The maximum Gasteiger partial charge on any atom is 0.406 e. The Morgan fingerprint density at radius 2 is 1.91 bits per heavy atom. The number of rotatable bonds is 4. The second-order valence-electron chi connectivity index (χ2n) is 5.19. The van der Waals surface area contributed by atoms with Crippen LogP contribution in [-0.4, -0.2) is 47.8 Å². The Kier molecular flexibility index (Phi) is 4.88. The highest BCUT2D eigenvalue weighted by atomic mass is 79.9. The summed E-state index contributed by atoms with van der Waals surface area (Å²) in [5.41, 5.74) is -2.90. The second kappa shape index (κ2) is 6.38. The lowest BCUT2D eigenvalue weighted by Gasteiger charge is -2.27. The van der Waals surface area contributed by atoms with E-state index in [2.05, 4.69) is 15.9 Å². The molecule has 5 nitrogen and oxygen atoms in total. The van der Waals surface area contributed by atoms with Crippen LogP contribution in [0.3, 0.4) is 0 Å². The fourth-order valence-corrected chi connectivity index (χ4v) is 2.58. The van der Waals surface area contributed by atoms with Crippen LogP contribution >= 0.6 is 15.9 Å². The summed E-state index contributed by atoms with van der Waals surface area (Å²) >= 11 is 3.23. The molecule has 0 spiro atoms. The highest BCUT2D eigenvalue weighted by Crippen LogP contribution is 2.45. The van der Waals surface area contributed by atoms with E-state index in [0.717, 1.165) is 9.37 Å². The molecule has 1 aliphatic heterocycles. The summed E-state index contributed by atoms with van der Waals surface area (Å²) in [6.45, 7) is -1.61. The van der Waals surface area contributed by atoms with E-state index in [1.807, 2.05) is 0 Å². The van der Waals surface area contributed by atoms with Crippen molar-refractivity contribution in [2.45, 2.75) is 12.6 Å². The van der Waals surface area contributed by atoms with Crippen LogP contribution in [0.15, 0.2) is 28.7 Å². The summed E-state index contributed by atoms with van der Waals surface area (Å²) in [6.07, 6.45) is -5.57. The van der Waals surface area contributed by atoms with Crippen LogP contribution in [0.1, 0.15) is 6.42 Å². The van der Waals surface area contributed by atoms with Gasteiger partial charge in [0.15, 0.2) is 12.0 Å². The molecule has 2 rings (SSSR count). The summed E-state index contributed by atoms with van der Waals surface area (Å²) in [5.74, 6) is -2.25. The minimum absolute atomic E-state index is 0.270. The van der Waals surface area contributed by atoms with Gasteiger partial charge in [-0.25, -0.2) is 0 Å². The molecule has 1 aromatic rings. The van der Waals surface area contributed by atoms with Crippen molar-refractivity contribution in [2.75, 3.05) is 19.7 Å². The molecule has 1 amide bonds. The molecule has 23 heavy (non-hydrogen) atoms. The van der Waals surface area contributed by atoms with Crippen molar-refractivity contribution in [3.8, 4) is 5.75 Å². The third-order valence-electron chi connectivity index (χ3n) is 3.75. The number of carbonyl (C=O) groups excluding carboxylic acids is 1. The molecule has 0 aliphatic carbocycles. The van der Waals surface area contributed by atoms with Gasteiger partial charge in [0.1, 0.15) is 5.75 Å². The van der Waals surface area contributed by atoms with Crippen molar-refractivity contribution in [1.29, 1.82) is 0 Å². The number of alkyl halides is 3. The zero-order valence-electron chi connectivity index (χ0n) is 11.8. The van der Waals surface area contributed by atoms with Gasteiger partial charge in [0.25, 0.3) is 5.91 Å². The zero-order chi connectivity index (χ0) is 17.3. The van der Waals surface area contributed by atoms with Gasteiger partial charge in [-0.05, 0) is 30.7 Å². The second-order valence-corrected chi connectivity index (χ2v) is 6.11. The first-order valence-electron chi connectivity index (χ1n) is 6.62. The third-order valence-corrected chi connectivity index (χ3v) is 4.28. The van der Waals surface area contributed by atoms with Crippen LogP contribution in [0.5, 0.6) is 5.75 Å². The molecule has 0 aromatic heterocycles. The van der Waals surface area contributed by atoms with E-state index in [1.54, 1.807) is 24.3 Å². The van der Waals surface area contributed by atoms with Crippen LogP contribution in [-0.2, 0) is 9.59 Å². The lowest BCUT2D eigenvalue weighted by atomic mass is 9.86. The van der Waals surface area contributed by atoms with Crippen LogP contribution in [0.4, 0.5) is 13.2 Å². The van der Waals surface area contributed by atoms with Crippen LogP contribution in [0.25, 0.3) is 0 Å². The summed E-state index contributed by atoms with van der Waals surface area (Å²) in [5, 5.41) is 8.94. The smallest absolute Gasteiger partial charge is 0.406 e. The molecule has 0 saturated carbocycles. The van der Waals surface area contributed by atoms with Gasteiger partial charge in [-0.2, -0.15) is 13.2 Å². The molecule has 1 atom stereocenters. The van der Waals surface area contributed by atoms with E-state index >= 15 is 0 Å². The average molecular weight is 396 g/mol. The van der Waals surface area contributed by atoms with Crippen molar-refractivity contribution in [3.05, 3.63) is 28.7 Å². The highest BCUT2D eigenvalue weighted by molar-refractivity contribution is 9.10. The number of amides is 1. The summed E-state index contributed by atoms with van der Waals surface area (Å²) in [4.78, 5) is 23.9. The maximum absolute atomic E-state index is 13.0. The standard InChI is InChI=1S/C14H13BrF3NO4/c15-9-1-3-10(4-2-9)23-7-11(20)19-6-5-13(8-19,12(21)22)14(16,17)18/h1-4H,5-8H2,(H,21,22). The molecule has 1 aromatic carbocycles. The Bertz CT molecular complexity index is 605. The number of likely N-dealkylation sites (tertiary alicyclic amines) is 1. The number of halogens is 4. The van der Waals surface area contributed by atoms with Gasteiger partial charge in [0.05, 0.1) is 0 Å². The molecule has 1 aliphatic rings. The molecule has 0 bridgehead atoms. The Morgan fingerprint density at radius 1 is 1.30 bits per heavy atom. The molecule has 126 valence electrons. The van der Waals surface area contributed by atoms with Crippen LogP contribution in [0.2, 0.25) is 0 Å². The fourth-order valence-electron chi connectivity index (χ4n) is 2.32. The van der Waals surface area contributed by atoms with Gasteiger partial charge in [-0.3, -0.25) is 9.59 Å². The highest BCUT2D eigenvalue weighted by Gasteiger charge is 2.64. The normalized spacial score (nSPS) is 21.3. The number of aliphatic carboxylic acids is 1. The Labute approximate surface area is 138 Å². The predicted molar refractivity (Wildman–Crippen MR) is 77.0 cm³/mol. The Balaban J connectivity index is 1.99. The maximum atomic E-state index is 13.0. The molecule has 1 fully saturated rings. The van der Waals surface area contributed by atoms with Crippen molar-refractivity contribution < 1.29 is 32.6 Å². The number of hydrogen-bond acceptors (Lipinski definition) is 3. The fraction of sp³-hybridized carbons (Fsp3) is 0.429.